The van der Waals surface area contributed by atoms with E-state index in [4.69, 9.17) is 4.74 Å². The van der Waals surface area contributed by atoms with Crippen LogP contribution in [0.3, 0.4) is 0 Å². The molecule has 0 spiro atoms. The van der Waals surface area contributed by atoms with Crippen LogP contribution >= 0.6 is 0 Å². The van der Waals surface area contributed by atoms with Gasteiger partial charge in [0.05, 0.1) is 19.0 Å². The summed E-state index contributed by atoms with van der Waals surface area (Å²) in [5, 5.41) is 3.50. The minimum Gasteiger partial charge on any atom is -0.493 e. The van der Waals surface area contributed by atoms with Crippen molar-refractivity contribution in [3.8, 4) is 5.75 Å². The molecule has 1 fully saturated rings. The second-order valence-electron chi connectivity index (χ2n) is 4.30. The molecular weight excluding hydrogens is 188 g/mol. The van der Waals surface area contributed by atoms with Crippen molar-refractivity contribution in [3.05, 3.63) is 18.0 Å². The third-order valence-corrected chi connectivity index (χ3v) is 2.94. The van der Waals surface area contributed by atoms with Gasteiger partial charge in [0.15, 0.2) is 5.75 Å². The predicted molar refractivity (Wildman–Crippen MR) is 61.3 cm³/mol. The van der Waals surface area contributed by atoms with E-state index >= 15 is 0 Å². The Balaban J connectivity index is 2.13. The molecule has 1 aromatic rings. The number of hydrogen-bond donors (Lipinski definition) is 1. The molecule has 1 aliphatic carbocycles. The van der Waals surface area contributed by atoms with Crippen molar-refractivity contribution >= 4 is 5.69 Å². The Morgan fingerprint density at radius 2 is 2.27 bits per heavy atom. The number of pyridine rings is 1. The fourth-order valence-electron chi connectivity index (χ4n) is 1.78. The molecule has 0 radical (unpaired) electrons. The first-order chi connectivity index (χ1) is 7.20. The minimum atomic E-state index is 0.528. The molecule has 1 heterocycles. The predicted octanol–water partition coefficient (Wildman–Crippen LogP) is 2.61. The van der Waals surface area contributed by atoms with E-state index in [0.29, 0.717) is 6.04 Å². The zero-order chi connectivity index (χ0) is 10.8. The number of nitrogens with one attached hydrogen (secondary N) is 1. The summed E-state index contributed by atoms with van der Waals surface area (Å²) >= 11 is 0. The zero-order valence-corrected chi connectivity index (χ0v) is 9.58. The molecule has 0 amide bonds. The van der Waals surface area contributed by atoms with Crippen LogP contribution in [0.4, 0.5) is 5.69 Å². The van der Waals surface area contributed by atoms with Crippen LogP contribution in [-0.2, 0) is 0 Å². The molecule has 0 saturated heterocycles. The van der Waals surface area contributed by atoms with E-state index < -0.39 is 0 Å². The summed E-state index contributed by atoms with van der Waals surface area (Å²) in [5.41, 5.74) is 2.07. The summed E-state index contributed by atoms with van der Waals surface area (Å²) in [6.07, 6.45) is 4.47. The molecule has 82 valence electrons. The normalized spacial score (nSPS) is 17.3. The first-order valence-corrected chi connectivity index (χ1v) is 5.48. The van der Waals surface area contributed by atoms with Crippen molar-refractivity contribution in [3.63, 3.8) is 0 Å². The molecule has 1 atom stereocenters. The molecule has 0 bridgehead atoms. The van der Waals surface area contributed by atoms with Gasteiger partial charge in [-0.25, -0.2) is 0 Å². The Kier molecular flexibility index (Phi) is 2.80. The van der Waals surface area contributed by atoms with Crippen molar-refractivity contribution in [1.29, 1.82) is 0 Å². The lowest BCUT2D eigenvalue weighted by Gasteiger charge is -2.17. The first-order valence-electron chi connectivity index (χ1n) is 5.48. The van der Waals surface area contributed by atoms with E-state index in [1.54, 1.807) is 13.3 Å². The maximum Gasteiger partial charge on any atom is 0.160 e. The fraction of sp³-hybridized carbons (Fsp3) is 0.583. The SMILES string of the molecule is COc1cnc(C)cc1NC(C)C1CC1. The van der Waals surface area contributed by atoms with Gasteiger partial charge in [-0.1, -0.05) is 0 Å². The minimum absolute atomic E-state index is 0.528. The topological polar surface area (TPSA) is 34.1 Å². The monoisotopic (exact) mass is 206 g/mol. The lowest BCUT2D eigenvalue weighted by Crippen LogP contribution is -2.17. The highest BCUT2D eigenvalue weighted by atomic mass is 16.5. The molecule has 3 heteroatoms. The van der Waals surface area contributed by atoms with Gasteiger partial charge < -0.3 is 10.1 Å². The van der Waals surface area contributed by atoms with Crippen LogP contribution in [-0.4, -0.2) is 18.1 Å². The Bertz CT molecular complexity index is 347. The largest absolute Gasteiger partial charge is 0.493 e. The third kappa shape index (κ3) is 2.41. The van der Waals surface area contributed by atoms with Gasteiger partial charge in [-0.15, -0.1) is 0 Å². The number of anilines is 1. The van der Waals surface area contributed by atoms with Gasteiger partial charge >= 0.3 is 0 Å². The van der Waals surface area contributed by atoms with Crippen LogP contribution in [0.25, 0.3) is 0 Å². The Morgan fingerprint density at radius 3 is 2.87 bits per heavy atom. The molecule has 2 rings (SSSR count). The Hall–Kier alpha value is -1.25. The average Bonchev–Trinajstić information content (AvgIpc) is 3.01. The highest BCUT2D eigenvalue weighted by Crippen LogP contribution is 2.35. The molecule has 0 aromatic carbocycles. The molecule has 1 unspecified atom stereocenters. The van der Waals surface area contributed by atoms with Crippen molar-refractivity contribution in [1.82, 2.24) is 4.98 Å². The van der Waals surface area contributed by atoms with E-state index in [1.165, 1.54) is 12.8 Å². The maximum atomic E-state index is 5.28. The number of aromatic nitrogens is 1. The number of ether oxygens (including phenoxy) is 1. The van der Waals surface area contributed by atoms with E-state index in [2.05, 4.69) is 17.2 Å². The number of aryl methyl sites for hydroxylation is 1. The van der Waals surface area contributed by atoms with Crippen LogP contribution in [0.2, 0.25) is 0 Å². The van der Waals surface area contributed by atoms with Crippen molar-refractivity contribution < 1.29 is 4.74 Å². The fourth-order valence-corrected chi connectivity index (χ4v) is 1.78. The van der Waals surface area contributed by atoms with Crippen LogP contribution in [0.5, 0.6) is 5.75 Å². The van der Waals surface area contributed by atoms with Gasteiger partial charge in [0.25, 0.3) is 0 Å². The summed E-state index contributed by atoms with van der Waals surface area (Å²) in [7, 11) is 1.68. The van der Waals surface area contributed by atoms with Gasteiger partial charge in [-0.3, -0.25) is 4.98 Å². The summed E-state index contributed by atoms with van der Waals surface area (Å²) in [6.45, 7) is 4.22. The zero-order valence-electron chi connectivity index (χ0n) is 9.58. The van der Waals surface area contributed by atoms with Gasteiger partial charge in [0.2, 0.25) is 0 Å². The molecule has 1 aromatic heterocycles. The Labute approximate surface area is 90.9 Å². The Morgan fingerprint density at radius 1 is 1.53 bits per heavy atom. The van der Waals surface area contributed by atoms with Crippen molar-refractivity contribution in [2.45, 2.75) is 32.7 Å². The molecule has 0 aliphatic heterocycles. The van der Waals surface area contributed by atoms with Gasteiger partial charge in [-0.2, -0.15) is 0 Å². The highest BCUT2D eigenvalue weighted by Gasteiger charge is 2.28. The maximum absolute atomic E-state index is 5.28. The molecule has 1 saturated carbocycles. The number of methoxy groups -OCH3 is 1. The smallest absolute Gasteiger partial charge is 0.160 e. The molecule has 3 nitrogen and oxygen atoms in total. The molecule has 1 N–H and O–H groups in total. The third-order valence-electron chi connectivity index (χ3n) is 2.94. The summed E-state index contributed by atoms with van der Waals surface area (Å²) < 4.78 is 5.28. The summed E-state index contributed by atoms with van der Waals surface area (Å²) in [6, 6.07) is 2.57. The van der Waals surface area contributed by atoms with Gasteiger partial charge in [0.1, 0.15) is 0 Å². The molecular formula is C12H18N2O. The lowest BCUT2D eigenvalue weighted by molar-refractivity contribution is 0.413. The van der Waals surface area contributed by atoms with Crippen LogP contribution < -0.4 is 10.1 Å². The highest BCUT2D eigenvalue weighted by molar-refractivity contribution is 5.56. The van der Waals surface area contributed by atoms with Crippen molar-refractivity contribution in [2.24, 2.45) is 5.92 Å². The van der Waals surface area contributed by atoms with E-state index in [1.807, 2.05) is 13.0 Å². The number of rotatable bonds is 4. The molecule has 1 aliphatic rings. The quantitative estimate of drug-likeness (QED) is 0.822. The summed E-state index contributed by atoms with van der Waals surface area (Å²) in [4.78, 5) is 4.21. The van der Waals surface area contributed by atoms with Crippen LogP contribution in [0.1, 0.15) is 25.5 Å². The van der Waals surface area contributed by atoms with E-state index in [-0.39, 0.29) is 0 Å². The van der Waals surface area contributed by atoms with E-state index in [9.17, 15) is 0 Å². The average molecular weight is 206 g/mol. The van der Waals surface area contributed by atoms with Gasteiger partial charge in [0, 0.05) is 11.7 Å². The molecule has 15 heavy (non-hydrogen) atoms. The second-order valence-corrected chi connectivity index (χ2v) is 4.30. The van der Waals surface area contributed by atoms with Crippen molar-refractivity contribution in [2.75, 3.05) is 12.4 Å². The van der Waals surface area contributed by atoms with Crippen LogP contribution in [0.15, 0.2) is 12.3 Å². The second kappa shape index (κ2) is 4.09. The summed E-state index contributed by atoms with van der Waals surface area (Å²) in [5.74, 6) is 1.66. The lowest BCUT2D eigenvalue weighted by atomic mass is 10.2. The van der Waals surface area contributed by atoms with E-state index in [0.717, 1.165) is 23.0 Å². The first kappa shape index (κ1) is 10.3. The van der Waals surface area contributed by atoms with Gasteiger partial charge in [-0.05, 0) is 38.7 Å². The standard InChI is InChI=1S/C12H18N2O/c1-8-6-11(12(15-3)7-13-8)14-9(2)10-4-5-10/h6-7,9-10H,4-5H2,1-3H3,(H,13,14). The number of hydrogen-bond acceptors (Lipinski definition) is 3. The van der Waals surface area contributed by atoms with Crippen LogP contribution in [0, 0.1) is 12.8 Å². The number of nitrogens with zero attached hydrogens (tertiary/aromatic N) is 1.